The highest BCUT2D eigenvalue weighted by Crippen LogP contribution is 2.25. The van der Waals surface area contributed by atoms with Gasteiger partial charge in [-0.25, -0.2) is 4.98 Å². The van der Waals surface area contributed by atoms with Crippen LogP contribution < -0.4 is 0 Å². The molecule has 2 aromatic rings. The number of oxazole rings is 1. The molecule has 0 aromatic carbocycles. The van der Waals surface area contributed by atoms with Crippen LogP contribution in [-0.4, -0.2) is 21.3 Å². The van der Waals surface area contributed by atoms with Crippen LogP contribution in [0.5, 0.6) is 0 Å². The van der Waals surface area contributed by atoms with E-state index in [1.807, 2.05) is 17.5 Å². The van der Waals surface area contributed by atoms with Crippen molar-refractivity contribution >= 4 is 29.1 Å². The maximum absolute atomic E-state index is 10.6. The molecule has 1 unspecified atom stereocenters. The zero-order valence-electron chi connectivity index (χ0n) is 9.12. The van der Waals surface area contributed by atoms with E-state index in [2.05, 4.69) is 4.98 Å². The van der Waals surface area contributed by atoms with Crippen molar-refractivity contribution in [2.24, 2.45) is 0 Å². The summed E-state index contributed by atoms with van der Waals surface area (Å²) in [5.74, 6) is 0.332. The second kappa shape index (κ2) is 5.37. The van der Waals surface area contributed by atoms with Crippen LogP contribution in [-0.2, 0) is 10.5 Å². The van der Waals surface area contributed by atoms with E-state index in [0.29, 0.717) is 11.6 Å². The Labute approximate surface area is 107 Å². The standard InChI is InChI=1S/C11H11NO3S2/c1-7(11(13)14)17-6-8-5-15-10(12-8)9-3-2-4-16-9/h2-5,7H,6H2,1H3,(H,13,14). The molecule has 2 rings (SSSR count). The Balaban J connectivity index is 1.97. The van der Waals surface area contributed by atoms with E-state index in [1.54, 1.807) is 24.5 Å². The van der Waals surface area contributed by atoms with Gasteiger partial charge in [0.05, 0.1) is 15.8 Å². The van der Waals surface area contributed by atoms with Crippen molar-refractivity contribution < 1.29 is 14.3 Å². The largest absolute Gasteiger partial charge is 0.480 e. The van der Waals surface area contributed by atoms with Crippen LogP contribution in [0.3, 0.4) is 0 Å². The quantitative estimate of drug-likeness (QED) is 0.903. The van der Waals surface area contributed by atoms with E-state index < -0.39 is 11.2 Å². The summed E-state index contributed by atoms with van der Waals surface area (Å²) in [5, 5.41) is 10.3. The molecular weight excluding hydrogens is 258 g/mol. The van der Waals surface area contributed by atoms with Gasteiger partial charge >= 0.3 is 5.97 Å². The fourth-order valence-electron chi connectivity index (χ4n) is 1.17. The molecule has 6 heteroatoms. The smallest absolute Gasteiger partial charge is 0.316 e. The Bertz CT molecular complexity index is 493. The van der Waals surface area contributed by atoms with Crippen molar-refractivity contribution in [3.8, 4) is 10.8 Å². The highest BCUT2D eigenvalue weighted by atomic mass is 32.2. The van der Waals surface area contributed by atoms with Crippen molar-refractivity contribution in [1.82, 2.24) is 4.98 Å². The zero-order valence-corrected chi connectivity index (χ0v) is 10.8. The monoisotopic (exact) mass is 269 g/mol. The summed E-state index contributed by atoms with van der Waals surface area (Å²) in [7, 11) is 0. The van der Waals surface area contributed by atoms with E-state index in [-0.39, 0.29) is 0 Å². The molecule has 0 fully saturated rings. The van der Waals surface area contributed by atoms with Crippen LogP contribution in [0.25, 0.3) is 10.8 Å². The molecule has 0 amide bonds. The summed E-state index contributed by atoms with van der Waals surface area (Å²) in [4.78, 5) is 15.9. The molecule has 0 spiro atoms. The van der Waals surface area contributed by atoms with Crippen LogP contribution in [0.1, 0.15) is 12.6 Å². The number of carboxylic acids is 1. The molecule has 4 nitrogen and oxygen atoms in total. The molecule has 0 aliphatic carbocycles. The minimum Gasteiger partial charge on any atom is -0.480 e. The van der Waals surface area contributed by atoms with Crippen molar-refractivity contribution in [3.05, 3.63) is 29.5 Å². The third-order valence-electron chi connectivity index (χ3n) is 2.11. The molecule has 17 heavy (non-hydrogen) atoms. The molecule has 0 aliphatic rings. The Hall–Kier alpha value is -1.27. The van der Waals surface area contributed by atoms with Gasteiger partial charge in [0.1, 0.15) is 6.26 Å². The van der Waals surface area contributed by atoms with Gasteiger partial charge in [-0.05, 0) is 18.4 Å². The first-order valence-electron chi connectivity index (χ1n) is 4.99. The Morgan fingerprint density at radius 3 is 3.18 bits per heavy atom. The van der Waals surface area contributed by atoms with Gasteiger partial charge in [-0.3, -0.25) is 4.79 Å². The maximum atomic E-state index is 10.6. The maximum Gasteiger partial charge on any atom is 0.316 e. The van der Waals surface area contributed by atoms with Crippen LogP contribution in [0.2, 0.25) is 0 Å². The average molecular weight is 269 g/mol. The lowest BCUT2D eigenvalue weighted by atomic mass is 10.5. The van der Waals surface area contributed by atoms with E-state index in [0.717, 1.165) is 10.6 Å². The first kappa shape index (κ1) is 12.2. The summed E-state index contributed by atoms with van der Waals surface area (Å²) in [6.45, 7) is 1.66. The Kier molecular flexibility index (Phi) is 3.86. The molecule has 2 heterocycles. The van der Waals surface area contributed by atoms with E-state index >= 15 is 0 Å². The van der Waals surface area contributed by atoms with Gasteiger partial charge in [-0.1, -0.05) is 6.07 Å². The highest BCUT2D eigenvalue weighted by molar-refractivity contribution is 7.99. The van der Waals surface area contributed by atoms with E-state index in [9.17, 15) is 4.79 Å². The van der Waals surface area contributed by atoms with Gasteiger partial charge in [0.2, 0.25) is 5.89 Å². The molecule has 0 saturated carbocycles. The number of nitrogens with zero attached hydrogens (tertiary/aromatic N) is 1. The molecule has 1 atom stereocenters. The van der Waals surface area contributed by atoms with Crippen molar-refractivity contribution in [2.45, 2.75) is 17.9 Å². The third kappa shape index (κ3) is 3.10. The van der Waals surface area contributed by atoms with E-state index in [4.69, 9.17) is 9.52 Å². The van der Waals surface area contributed by atoms with Crippen LogP contribution in [0.15, 0.2) is 28.2 Å². The summed E-state index contributed by atoms with van der Waals surface area (Å²) in [6.07, 6.45) is 1.58. The SMILES string of the molecule is CC(SCc1coc(-c2cccs2)n1)C(=O)O. The zero-order chi connectivity index (χ0) is 12.3. The van der Waals surface area contributed by atoms with Gasteiger partial charge in [-0.15, -0.1) is 23.1 Å². The number of carbonyl (C=O) groups is 1. The number of hydrogen-bond acceptors (Lipinski definition) is 5. The molecule has 2 aromatic heterocycles. The Morgan fingerprint density at radius 2 is 2.53 bits per heavy atom. The fraction of sp³-hybridized carbons (Fsp3) is 0.273. The highest BCUT2D eigenvalue weighted by Gasteiger charge is 2.13. The molecule has 0 saturated heterocycles. The van der Waals surface area contributed by atoms with Gasteiger partial charge < -0.3 is 9.52 Å². The first-order valence-corrected chi connectivity index (χ1v) is 6.92. The lowest BCUT2D eigenvalue weighted by molar-refractivity contribution is -0.136. The van der Waals surface area contributed by atoms with E-state index in [1.165, 1.54) is 11.8 Å². The minimum atomic E-state index is -0.808. The average Bonchev–Trinajstić information content (AvgIpc) is 2.95. The number of aromatic nitrogens is 1. The molecule has 0 aliphatic heterocycles. The third-order valence-corrected chi connectivity index (χ3v) is 4.13. The van der Waals surface area contributed by atoms with Gasteiger partial charge in [0.25, 0.3) is 0 Å². The van der Waals surface area contributed by atoms with Crippen molar-refractivity contribution in [2.75, 3.05) is 0 Å². The van der Waals surface area contributed by atoms with Gasteiger partial charge in [0.15, 0.2) is 0 Å². The predicted molar refractivity (Wildman–Crippen MR) is 68.2 cm³/mol. The topological polar surface area (TPSA) is 63.3 Å². The van der Waals surface area contributed by atoms with Crippen LogP contribution in [0, 0.1) is 0 Å². The fourth-order valence-corrected chi connectivity index (χ4v) is 2.52. The molecule has 0 radical (unpaired) electrons. The first-order chi connectivity index (χ1) is 8.16. The number of carboxylic acid groups (broad SMARTS) is 1. The minimum absolute atomic E-state index is 0.433. The normalized spacial score (nSPS) is 12.5. The second-order valence-corrected chi connectivity index (χ2v) is 5.69. The lowest BCUT2D eigenvalue weighted by Crippen LogP contribution is -2.11. The molecule has 1 N–H and O–H groups in total. The lowest BCUT2D eigenvalue weighted by Gasteiger charge is -2.02. The van der Waals surface area contributed by atoms with Crippen LogP contribution in [0.4, 0.5) is 0 Å². The van der Waals surface area contributed by atoms with Crippen LogP contribution >= 0.6 is 23.1 Å². The number of aliphatic carboxylic acids is 1. The summed E-state index contributed by atoms with van der Waals surface area (Å²) in [6, 6.07) is 3.87. The summed E-state index contributed by atoms with van der Waals surface area (Å²) >= 11 is 2.89. The predicted octanol–water partition coefficient (Wildman–Crippen LogP) is 3.11. The van der Waals surface area contributed by atoms with Crippen molar-refractivity contribution in [3.63, 3.8) is 0 Å². The Morgan fingerprint density at radius 1 is 1.71 bits per heavy atom. The van der Waals surface area contributed by atoms with Gasteiger partial charge in [-0.2, -0.15) is 0 Å². The number of hydrogen-bond donors (Lipinski definition) is 1. The summed E-state index contributed by atoms with van der Waals surface area (Å²) < 4.78 is 5.34. The number of thioether (sulfide) groups is 1. The van der Waals surface area contributed by atoms with Gasteiger partial charge in [0, 0.05) is 5.75 Å². The molecule has 90 valence electrons. The van der Waals surface area contributed by atoms with Crippen molar-refractivity contribution in [1.29, 1.82) is 0 Å². The molecule has 0 bridgehead atoms. The number of thiophene rings is 1. The summed E-state index contributed by atoms with van der Waals surface area (Å²) in [5.41, 5.74) is 0.770. The molecular formula is C11H11NO3S2. The number of rotatable bonds is 5. The second-order valence-electron chi connectivity index (χ2n) is 3.41.